The van der Waals surface area contributed by atoms with Crippen LogP contribution in [0.5, 0.6) is 0 Å². The molecule has 2 fully saturated rings. The van der Waals surface area contributed by atoms with Crippen LogP contribution in [0.2, 0.25) is 0 Å². The first-order valence-corrected chi connectivity index (χ1v) is 5.10. The van der Waals surface area contributed by atoms with Gasteiger partial charge >= 0.3 is 5.97 Å². The molecule has 2 rings (SSSR count). The van der Waals surface area contributed by atoms with Gasteiger partial charge in [0.15, 0.2) is 0 Å². The molecule has 1 N–H and O–H groups in total. The molecule has 3 heteroatoms. The maximum atomic E-state index is 11.4. The molecule has 1 aliphatic heterocycles. The van der Waals surface area contributed by atoms with Gasteiger partial charge in [-0.1, -0.05) is 12.8 Å². The molecule has 0 spiro atoms. The van der Waals surface area contributed by atoms with Crippen molar-refractivity contribution >= 4 is 5.97 Å². The number of carbonyl (C=O) groups is 1. The summed E-state index contributed by atoms with van der Waals surface area (Å²) in [6.07, 6.45) is 3.95. The molecule has 3 nitrogen and oxygen atoms in total. The highest BCUT2D eigenvalue weighted by molar-refractivity contribution is 5.73. The predicted molar refractivity (Wildman–Crippen MR) is 49.2 cm³/mol. The van der Waals surface area contributed by atoms with Crippen LogP contribution in [0.25, 0.3) is 0 Å². The topological polar surface area (TPSA) is 38.3 Å². The van der Waals surface area contributed by atoms with E-state index in [0.717, 1.165) is 19.0 Å². The van der Waals surface area contributed by atoms with Crippen LogP contribution in [-0.2, 0) is 9.53 Å². The molecule has 74 valence electrons. The Bertz CT molecular complexity index is 201. The first kappa shape index (κ1) is 9.00. The van der Waals surface area contributed by atoms with Crippen LogP contribution >= 0.6 is 0 Å². The van der Waals surface area contributed by atoms with Crippen molar-refractivity contribution in [1.29, 1.82) is 0 Å². The van der Waals surface area contributed by atoms with Gasteiger partial charge in [-0.15, -0.1) is 0 Å². The highest BCUT2D eigenvalue weighted by atomic mass is 16.5. The fraction of sp³-hybridized carbons (Fsp3) is 0.900. The minimum absolute atomic E-state index is 0.0318. The number of nitrogens with one attached hydrogen (secondary N) is 1. The lowest BCUT2D eigenvalue weighted by Gasteiger charge is -2.15. The van der Waals surface area contributed by atoms with E-state index in [1.165, 1.54) is 26.4 Å². The van der Waals surface area contributed by atoms with Gasteiger partial charge in [-0.05, 0) is 24.8 Å². The molecule has 1 saturated heterocycles. The molecule has 2 atom stereocenters. The minimum atomic E-state index is -0.0318. The van der Waals surface area contributed by atoms with Gasteiger partial charge in [0.1, 0.15) is 0 Å². The van der Waals surface area contributed by atoms with Crippen molar-refractivity contribution in [3.63, 3.8) is 0 Å². The first-order chi connectivity index (χ1) is 6.31. The number of esters is 1. The zero-order valence-corrected chi connectivity index (χ0v) is 8.08. The zero-order chi connectivity index (χ0) is 9.26. The molecule has 0 aromatic rings. The lowest BCUT2D eigenvalue weighted by atomic mass is 9.91. The Labute approximate surface area is 78.8 Å². The monoisotopic (exact) mass is 183 g/mol. The van der Waals surface area contributed by atoms with Crippen LogP contribution in [0.15, 0.2) is 0 Å². The predicted octanol–water partition coefficient (Wildman–Crippen LogP) is 0.795. The van der Waals surface area contributed by atoms with Crippen LogP contribution in [0.1, 0.15) is 19.3 Å². The average Bonchev–Trinajstić information content (AvgIpc) is 2.82. The Morgan fingerprint density at radius 3 is 2.85 bits per heavy atom. The third kappa shape index (κ3) is 2.02. The van der Waals surface area contributed by atoms with E-state index in [1.54, 1.807) is 0 Å². The van der Waals surface area contributed by atoms with Gasteiger partial charge in [0.05, 0.1) is 13.0 Å². The summed E-state index contributed by atoms with van der Waals surface area (Å²) in [4.78, 5) is 11.4. The normalized spacial score (nSPS) is 33.3. The minimum Gasteiger partial charge on any atom is -0.469 e. The third-order valence-electron chi connectivity index (χ3n) is 3.18. The van der Waals surface area contributed by atoms with E-state index in [4.69, 9.17) is 4.74 Å². The third-order valence-corrected chi connectivity index (χ3v) is 3.18. The molecule has 0 amide bonds. The molecule has 0 aromatic heterocycles. The second kappa shape index (κ2) is 3.66. The number of hydrogen-bond acceptors (Lipinski definition) is 3. The largest absolute Gasteiger partial charge is 0.469 e. The van der Waals surface area contributed by atoms with Crippen molar-refractivity contribution in [2.45, 2.75) is 19.3 Å². The molecular formula is C10H17NO2. The smallest absolute Gasteiger partial charge is 0.310 e. The van der Waals surface area contributed by atoms with E-state index in [-0.39, 0.29) is 11.9 Å². The molecule has 1 heterocycles. The van der Waals surface area contributed by atoms with Gasteiger partial charge in [0.2, 0.25) is 0 Å². The average molecular weight is 183 g/mol. The van der Waals surface area contributed by atoms with Gasteiger partial charge in [0.25, 0.3) is 0 Å². The number of carbonyl (C=O) groups excluding carboxylic acids is 1. The summed E-state index contributed by atoms with van der Waals surface area (Å²) in [7, 11) is 1.48. The Balaban J connectivity index is 1.88. The summed E-state index contributed by atoms with van der Waals surface area (Å²) in [5, 5.41) is 3.27. The van der Waals surface area contributed by atoms with E-state index in [0.29, 0.717) is 5.92 Å². The number of ether oxygens (including phenoxy) is 1. The van der Waals surface area contributed by atoms with E-state index in [1.807, 2.05) is 0 Å². The molecule has 0 unspecified atom stereocenters. The Morgan fingerprint density at radius 1 is 1.46 bits per heavy atom. The fourth-order valence-corrected chi connectivity index (χ4v) is 2.19. The number of hydrogen-bond donors (Lipinski definition) is 1. The zero-order valence-electron chi connectivity index (χ0n) is 8.08. The van der Waals surface area contributed by atoms with Crippen molar-refractivity contribution in [3.05, 3.63) is 0 Å². The fourth-order valence-electron chi connectivity index (χ4n) is 2.19. The lowest BCUT2D eigenvalue weighted by Crippen LogP contribution is -2.24. The van der Waals surface area contributed by atoms with Gasteiger partial charge in [-0.3, -0.25) is 4.79 Å². The van der Waals surface area contributed by atoms with E-state index in [9.17, 15) is 4.79 Å². The maximum absolute atomic E-state index is 11.4. The molecular weight excluding hydrogens is 166 g/mol. The highest BCUT2D eigenvalue weighted by Crippen LogP contribution is 2.38. The van der Waals surface area contributed by atoms with Crippen molar-refractivity contribution in [2.24, 2.45) is 17.8 Å². The molecule has 0 bridgehead atoms. The van der Waals surface area contributed by atoms with Crippen molar-refractivity contribution in [3.8, 4) is 0 Å². The Kier molecular flexibility index (Phi) is 2.54. The SMILES string of the molecule is COC(=O)[C@@H]1CNC[C@H]1CC1CC1. The summed E-state index contributed by atoms with van der Waals surface area (Å²) >= 11 is 0. The molecule has 0 radical (unpaired) electrons. The van der Waals surface area contributed by atoms with Crippen LogP contribution in [0.3, 0.4) is 0 Å². The molecule has 13 heavy (non-hydrogen) atoms. The Morgan fingerprint density at radius 2 is 2.23 bits per heavy atom. The molecule has 0 aromatic carbocycles. The lowest BCUT2D eigenvalue weighted by molar-refractivity contribution is -0.146. The Hall–Kier alpha value is -0.570. The van der Waals surface area contributed by atoms with Crippen LogP contribution < -0.4 is 5.32 Å². The molecule has 1 saturated carbocycles. The summed E-state index contributed by atoms with van der Waals surface area (Å²) < 4.78 is 4.79. The standard InChI is InChI=1S/C10H17NO2/c1-13-10(12)9-6-11-5-8(9)4-7-2-3-7/h7-9,11H,2-6H2,1H3/t8-,9-/m1/s1. The summed E-state index contributed by atoms with van der Waals surface area (Å²) in [6.45, 7) is 1.81. The van der Waals surface area contributed by atoms with Crippen molar-refractivity contribution in [2.75, 3.05) is 20.2 Å². The van der Waals surface area contributed by atoms with Crippen LogP contribution in [0, 0.1) is 17.8 Å². The quantitative estimate of drug-likeness (QED) is 0.658. The maximum Gasteiger partial charge on any atom is 0.310 e. The van der Waals surface area contributed by atoms with Gasteiger partial charge in [-0.2, -0.15) is 0 Å². The van der Waals surface area contributed by atoms with Gasteiger partial charge < -0.3 is 10.1 Å². The number of rotatable bonds is 3. The second-order valence-electron chi connectivity index (χ2n) is 4.23. The van der Waals surface area contributed by atoms with Crippen LogP contribution in [-0.4, -0.2) is 26.2 Å². The van der Waals surface area contributed by atoms with E-state index in [2.05, 4.69) is 5.32 Å². The van der Waals surface area contributed by atoms with Crippen molar-refractivity contribution in [1.82, 2.24) is 5.32 Å². The number of methoxy groups -OCH3 is 1. The highest BCUT2D eigenvalue weighted by Gasteiger charge is 2.37. The summed E-state index contributed by atoms with van der Waals surface area (Å²) in [5.74, 6) is 1.51. The molecule has 1 aliphatic carbocycles. The van der Waals surface area contributed by atoms with E-state index < -0.39 is 0 Å². The second-order valence-corrected chi connectivity index (χ2v) is 4.23. The van der Waals surface area contributed by atoms with E-state index >= 15 is 0 Å². The van der Waals surface area contributed by atoms with Gasteiger partial charge in [0, 0.05) is 6.54 Å². The first-order valence-electron chi connectivity index (χ1n) is 5.10. The summed E-state index contributed by atoms with van der Waals surface area (Å²) in [6, 6.07) is 0. The van der Waals surface area contributed by atoms with Crippen molar-refractivity contribution < 1.29 is 9.53 Å². The van der Waals surface area contributed by atoms with Gasteiger partial charge in [-0.25, -0.2) is 0 Å². The molecule has 2 aliphatic rings. The van der Waals surface area contributed by atoms with Crippen LogP contribution in [0.4, 0.5) is 0 Å². The summed E-state index contributed by atoms with van der Waals surface area (Å²) in [5.41, 5.74) is 0.